The quantitative estimate of drug-likeness (QED) is 0.486. The lowest BCUT2D eigenvalue weighted by molar-refractivity contribution is 0.318. The number of hydrogen-bond donors (Lipinski definition) is 2. The average molecular weight is 320 g/mol. The van der Waals surface area contributed by atoms with Crippen LogP contribution in [0.1, 0.15) is 5.69 Å². The van der Waals surface area contributed by atoms with E-state index in [-0.39, 0.29) is 12.4 Å². The highest BCUT2D eigenvalue weighted by molar-refractivity contribution is 5.79. The van der Waals surface area contributed by atoms with Gasteiger partial charge in [0.05, 0.1) is 18.8 Å². The van der Waals surface area contributed by atoms with Gasteiger partial charge in [0.2, 0.25) is 0 Å². The van der Waals surface area contributed by atoms with E-state index in [0.29, 0.717) is 19.0 Å². The molecule has 122 valence electrons. The van der Waals surface area contributed by atoms with Gasteiger partial charge in [-0.25, -0.2) is 8.78 Å². The van der Waals surface area contributed by atoms with Gasteiger partial charge in [-0.1, -0.05) is 6.07 Å². The molecule has 0 saturated carbocycles. The standard InChI is InChI=1S/C16H18F2N4O/c1-19-16(22-11-12-4-2-3-7-20-12)21-8-9-23-13-5-6-14(17)15(18)10-13/h2-7,10H,8-9,11H2,1H3,(H2,19,21,22). The van der Waals surface area contributed by atoms with Crippen molar-refractivity contribution >= 4 is 5.96 Å². The van der Waals surface area contributed by atoms with Gasteiger partial charge < -0.3 is 15.4 Å². The number of hydrogen-bond acceptors (Lipinski definition) is 3. The van der Waals surface area contributed by atoms with Crippen LogP contribution in [-0.2, 0) is 6.54 Å². The van der Waals surface area contributed by atoms with E-state index in [1.807, 2.05) is 18.2 Å². The van der Waals surface area contributed by atoms with Crippen LogP contribution < -0.4 is 15.4 Å². The Bertz CT molecular complexity index is 650. The Morgan fingerprint density at radius 1 is 1.17 bits per heavy atom. The van der Waals surface area contributed by atoms with Crippen molar-refractivity contribution in [2.75, 3.05) is 20.2 Å². The lowest BCUT2D eigenvalue weighted by Crippen LogP contribution is -2.39. The molecule has 0 unspecified atom stereocenters. The molecule has 0 saturated heterocycles. The van der Waals surface area contributed by atoms with Crippen molar-refractivity contribution in [3.05, 3.63) is 59.9 Å². The maximum Gasteiger partial charge on any atom is 0.191 e. The minimum absolute atomic E-state index is 0.280. The zero-order valence-electron chi connectivity index (χ0n) is 12.7. The number of nitrogens with zero attached hydrogens (tertiary/aromatic N) is 2. The summed E-state index contributed by atoms with van der Waals surface area (Å²) >= 11 is 0. The first-order valence-electron chi connectivity index (χ1n) is 7.11. The van der Waals surface area contributed by atoms with Crippen LogP contribution in [0.25, 0.3) is 0 Å². The summed E-state index contributed by atoms with van der Waals surface area (Å²) in [6, 6.07) is 9.11. The molecular formula is C16H18F2N4O. The summed E-state index contributed by atoms with van der Waals surface area (Å²) < 4.78 is 31.2. The molecular weight excluding hydrogens is 302 g/mol. The van der Waals surface area contributed by atoms with E-state index in [0.717, 1.165) is 17.8 Å². The van der Waals surface area contributed by atoms with Crippen LogP contribution in [0, 0.1) is 11.6 Å². The van der Waals surface area contributed by atoms with E-state index in [9.17, 15) is 8.78 Å². The van der Waals surface area contributed by atoms with Gasteiger partial charge in [-0.3, -0.25) is 9.98 Å². The second-order valence-corrected chi connectivity index (χ2v) is 4.60. The Kier molecular flexibility index (Phi) is 6.28. The van der Waals surface area contributed by atoms with Crippen molar-refractivity contribution in [1.82, 2.24) is 15.6 Å². The third-order valence-electron chi connectivity index (χ3n) is 2.94. The van der Waals surface area contributed by atoms with E-state index >= 15 is 0 Å². The molecule has 1 aromatic heterocycles. The van der Waals surface area contributed by atoms with Crippen LogP contribution in [0.3, 0.4) is 0 Å². The molecule has 5 nitrogen and oxygen atoms in total. The molecule has 23 heavy (non-hydrogen) atoms. The first-order valence-corrected chi connectivity index (χ1v) is 7.11. The van der Waals surface area contributed by atoms with Crippen LogP contribution in [-0.4, -0.2) is 31.1 Å². The molecule has 2 aromatic rings. The van der Waals surface area contributed by atoms with E-state index < -0.39 is 11.6 Å². The van der Waals surface area contributed by atoms with E-state index in [2.05, 4.69) is 20.6 Å². The summed E-state index contributed by atoms with van der Waals surface area (Å²) in [5, 5.41) is 6.17. The number of guanidine groups is 1. The normalized spacial score (nSPS) is 11.2. The van der Waals surface area contributed by atoms with Gasteiger partial charge in [-0.15, -0.1) is 0 Å². The minimum Gasteiger partial charge on any atom is -0.492 e. The fourth-order valence-electron chi connectivity index (χ4n) is 1.80. The van der Waals surface area contributed by atoms with Gasteiger partial charge in [0.1, 0.15) is 12.4 Å². The van der Waals surface area contributed by atoms with Crippen molar-refractivity contribution in [2.24, 2.45) is 4.99 Å². The lowest BCUT2D eigenvalue weighted by Gasteiger charge is -2.12. The molecule has 0 spiro atoms. The van der Waals surface area contributed by atoms with Crippen molar-refractivity contribution in [3.63, 3.8) is 0 Å². The SMILES string of the molecule is CN=C(NCCOc1ccc(F)c(F)c1)NCc1ccccn1. The molecule has 0 aliphatic heterocycles. The maximum absolute atomic E-state index is 13.0. The number of aromatic nitrogens is 1. The predicted molar refractivity (Wildman–Crippen MR) is 84.3 cm³/mol. The highest BCUT2D eigenvalue weighted by atomic mass is 19.2. The molecule has 1 heterocycles. The first-order chi connectivity index (χ1) is 11.2. The molecule has 1 aromatic carbocycles. The second kappa shape index (κ2) is 8.67. The fraction of sp³-hybridized carbons (Fsp3) is 0.250. The Morgan fingerprint density at radius 3 is 2.74 bits per heavy atom. The summed E-state index contributed by atoms with van der Waals surface area (Å²) in [5.41, 5.74) is 0.897. The molecule has 2 rings (SSSR count). The monoisotopic (exact) mass is 320 g/mol. The highest BCUT2D eigenvalue weighted by Crippen LogP contribution is 2.14. The van der Waals surface area contributed by atoms with E-state index in [1.165, 1.54) is 6.07 Å². The molecule has 0 radical (unpaired) electrons. The molecule has 0 atom stereocenters. The van der Waals surface area contributed by atoms with Crippen molar-refractivity contribution < 1.29 is 13.5 Å². The number of aliphatic imine (C=N–C) groups is 1. The third-order valence-corrected chi connectivity index (χ3v) is 2.94. The Balaban J connectivity index is 1.70. The van der Waals surface area contributed by atoms with Gasteiger partial charge in [0.15, 0.2) is 17.6 Å². The summed E-state index contributed by atoms with van der Waals surface area (Å²) in [6.45, 7) is 1.29. The molecule has 0 aliphatic rings. The molecule has 0 amide bonds. The van der Waals surface area contributed by atoms with Crippen LogP contribution in [0.4, 0.5) is 8.78 Å². The number of ether oxygens (including phenoxy) is 1. The number of pyridine rings is 1. The first kappa shape index (κ1) is 16.7. The molecule has 2 N–H and O–H groups in total. The summed E-state index contributed by atoms with van der Waals surface area (Å²) in [5.74, 6) is -0.940. The summed E-state index contributed by atoms with van der Waals surface area (Å²) in [6.07, 6.45) is 1.73. The molecule has 0 fully saturated rings. The number of halogens is 2. The molecule has 0 aliphatic carbocycles. The van der Waals surface area contributed by atoms with Gasteiger partial charge in [-0.2, -0.15) is 0 Å². The van der Waals surface area contributed by atoms with Gasteiger partial charge >= 0.3 is 0 Å². The Morgan fingerprint density at radius 2 is 2.04 bits per heavy atom. The molecule has 7 heteroatoms. The third kappa shape index (κ3) is 5.54. The second-order valence-electron chi connectivity index (χ2n) is 4.60. The molecule has 0 bridgehead atoms. The zero-order valence-corrected chi connectivity index (χ0v) is 12.7. The van der Waals surface area contributed by atoms with E-state index in [4.69, 9.17) is 4.74 Å². The van der Waals surface area contributed by atoms with Crippen LogP contribution >= 0.6 is 0 Å². The van der Waals surface area contributed by atoms with Gasteiger partial charge in [-0.05, 0) is 24.3 Å². The van der Waals surface area contributed by atoms with Crippen LogP contribution in [0.5, 0.6) is 5.75 Å². The van der Waals surface area contributed by atoms with E-state index in [1.54, 1.807) is 13.2 Å². The lowest BCUT2D eigenvalue weighted by atomic mass is 10.3. The minimum atomic E-state index is -0.928. The Hall–Kier alpha value is -2.70. The van der Waals surface area contributed by atoms with Crippen molar-refractivity contribution in [1.29, 1.82) is 0 Å². The predicted octanol–water partition coefficient (Wildman–Crippen LogP) is 2.10. The number of nitrogens with one attached hydrogen (secondary N) is 2. The van der Waals surface area contributed by atoms with Crippen molar-refractivity contribution in [3.8, 4) is 5.75 Å². The average Bonchev–Trinajstić information content (AvgIpc) is 2.58. The number of rotatable bonds is 6. The van der Waals surface area contributed by atoms with Crippen molar-refractivity contribution in [2.45, 2.75) is 6.54 Å². The smallest absolute Gasteiger partial charge is 0.191 e. The summed E-state index contributed by atoms with van der Waals surface area (Å²) in [7, 11) is 1.66. The maximum atomic E-state index is 13.0. The van der Waals surface area contributed by atoms with Crippen LogP contribution in [0.15, 0.2) is 47.6 Å². The summed E-state index contributed by atoms with van der Waals surface area (Å²) in [4.78, 5) is 8.28. The fourth-order valence-corrected chi connectivity index (χ4v) is 1.80. The highest BCUT2D eigenvalue weighted by Gasteiger charge is 2.03. The number of benzene rings is 1. The van der Waals surface area contributed by atoms with Gasteiger partial charge in [0, 0.05) is 19.3 Å². The Labute approximate surface area is 133 Å². The topological polar surface area (TPSA) is 58.5 Å². The van der Waals surface area contributed by atoms with Crippen LogP contribution in [0.2, 0.25) is 0 Å². The van der Waals surface area contributed by atoms with Gasteiger partial charge in [0.25, 0.3) is 0 Å². The zero-order chi connectivity index (χ0) is 16.5. The largest absolute Gasteiger partial charge is 0.492 e.